The van der Waals surface area contributed by atoms with E-state index in [1.165, 1.54) is 0 Å². The molecule has 3 N–H and O–H groups in total. The highest BCUT2D eigenvalue weighted by molar-refractivity contribution is 6.35. The van der Waals surface area contributed by atoms with Gasteiger partial charge in [-0.25, -0.2) is 4.68 Å². The molecular formula is C19H23Cl3N4O. The van der Waals surface area contributed by atoms with E-state index < -0.39 is 0 Å². The molecule has 1 aromatic heterocycles. The van der Waals surface area contributed by atoms with Crippen LogP contribution in [0, 0.1) is 5.92 Å². The highest BCUT2D eigenvalue weighted by Gasteiger charge is 2.42. The first-order valence-corrected chi connectivity index (χ1v) is 9.77. The average Bonchev–Trinajstić information content (AvgIpc) is 3.25. The number of fused-ring (bicyclic) bond motifs is 1. The molecule has 0 saturated heterocycles. The lowest BCUT2D eigenvalue weighted by Gasteiger charge is -2.29. The summed E-state index contributed by atoms with van der Waals surface area (Å²) in [6.07, 6.45) is 4.97. The van der Waals surface area contributed by atoms with Crippen LogP contribution < -0.4 is 11.1 Å². The Kier molecular flexibility index (Phi) is 5.78. The monoisotopic (exact) mass is 428 g/mol. The maximum absolute atomic E-state index is 13.0. The van der Waals surface area contributed by atoms with Crippen molar-refractivity contribution in [3.05, 3.63) is 45.2 Å². The molecule has 4 rings (SSSR count). The number of nitrogens with one attached hydrogen (secondary N) is 1. The molecule has 146 valence electrons. The quantitative estimate of drug-likeness (QED) is 0.756. The lowest BCUT2D eigenvalue weighted by Crippen LogP contribution is -2.53. The highest BCUT2D eigenvalue weighted by atomic mass is 35.5. The van der Waals surface area contributed by atoms with Gasteiger partial charge in [0.05, 0.1) is 16.2 Å². The molecule has 2 aliphatic rings. The van der Waals surface area contributed by atoms with Crippen LogP contribution in [0.5, 0.6) is 0 Å². The first-order valence-electron chi connectivity index (χ1n) is 9.02. The van der Waals surface area contributed by atoms with Crippen LogP contribution in [0.4, 0.5) is 0 Å². The summed E-state index contributed by atoms with van der Waals surface area (Å²) in [4.78, 5) is 13.0. The minimum Gasteiger partial charge on any atom is -0.344 e. The van der Waals surface area contributed by atoms with Gasteiger partial charge in [0.2, 0.25) is 0 Å². The summed E-state index contributed by atoms with van der Waals surface area (Å²) >= 11 is 12.4. The molecule has 0 radical (unpaired) electrons. The predicted octanol–water partition coefficient (Wildman–Crippen LogP) is 3.95. The molecule has 2 aliphatic carbocycles. The minimum atomic E-state index is -0.371. The number of nitrogens with two attached hydrogens (primary N) is 1. The fourth-order valence-electron chi connectivity index (χ4n) is 3.83. The van der Waals surface area contributed by atoms with E-state index in [4.69, 9.17) is 28.9 Å². The molecule has 2 aromatic rings. The van der Waals surface area contributed by atoms with Crippen molar-refractivity contribution in [2.24, 2.45) is 11.7 Å². The van der Waals surface area contributed by atoms with Gasteiger partial charge in [-0.2, -0.15) is 5.10 Å². The van der Waals surface area contributed by atoms with Gasteiger partial charge < -0.3 is 11.1 Å². The maximum atomic E-state index is 13.0. The summed E-state index contributed by atoms with van der Waals surface area (Å²) in [6.45, 7) is 2.45. The van der Waals surface area contributed by atoms with E-state index in [2.05, 4.69) is 10.4 Å². The second kappa shape index (κ2) is 7.63. The van der Waals surface area contributed by atoms with Crippen LogP contribution >= 0.6 is 35.6 Å². The molecule has 1 aromatic carbocycles. The zero-order valence-electron chi connectivity index (χ0n) is 15.1. The maximum Gasteiger partial charge on any atom is 0.272 e. The Bertz CT molecular complexity index is 878. The van der Waals surface area contributed by atoms with Crippen molar-refractivity contribution in [2.45, 2.75) is 44.6 Å². The Morgan fingerprint density at radius 3 is 2.74 bits per heavy atom. The van der Waals surface area contributed by atoms with Crippen LogP contribution in [0.2, 0.25) is 10.0 Å². The fourth-order valence-corrected chi connectivity index (χ4v) is 4.32. The lowest BCUT2D eigenvalue weighted by atomic mass is 9.95. The van der Waals surface area contributed by atoms with E-state index in [1.807, 2.05) is 13.0 Å². The Labute approximate surface area is 175 Å². The van der Waals surface area contributed by atoms with Crippen molar-refractivity contribution >= 4 is 41.5 Å². The van der Waals surface area contributed by atoms with Gasteiger partial charge in [0, 0.05) is 22.8 Å². The molecule has 1 fully saturated rings. The number of carbonyl (C=O) groups is 1. The van der Waals surface area contributed by atoms with E-state index in [9.17, 15) is 4.79 Å². The zero-order valence-corrected chi connectivity index (χ0v) is 17.4. The average molecular weight is 430 g/mol. The van der Waals surface area contributed by atoms with Crippen LogP contribution in [0.1, 0.15) is 47.9 Å². The van der Waals surface area contributed by atoms with Crippen LogP contribution in [-0.2, 0) is 12.8 Å². The van der Waals surface area contributed by atoms with Crippen molar-refractivity contribution in [2.75, 3.05) is 6.54 Å². The van der Waals surface area contributed by atoms with E-state index in [1.54, 1.807) is 16.8 Å². The molecule has 8 heteroatoms. The second-order valence-corrected chi connectivity index (χ2v) is 8.33. The van der Waals surface area contributed by atoms with Crippen molar-refractivity contribution in [3.63, 3.8) is 0 Å². The van der Waals surface area contributed by atoms with Gasteiger partial charge in [-0.05, 0) is 63.1 Å². The minimum absolute atomic E-state index is 0. The topological polar surface area (TPSA) is 72.9 Å². The molecule has 0 bridgehead atoms. The summed E-state index contributed by atoms with van der Waals surface area (Å²) in [5.41, 5.74) is 8.89. The molecule has 1 saturated carbocycles. The number of halogens is 3. The number of benzene rings is 1. The van der Waals surface area contributed by atoms with Gasteiger partial charge in [-0.1, -0.05) is 23.2 Å². The number of aromatic nitrogens is 2. The van der Waals surface area contributed by atoms with Crippen molar-refractivity contribution in [1.29, 1.82) is 0 Å². The number of amides is 1. The van der Waals surface area contributed by atoms with E-state index in [-0.39, 0.29) is 23.9 Å². The molecule has 1 unspecified atom stereocenters. The molecule has 1 amide bonds. The molecular weight excluding hydrogens is 407 g/mol. The van der Waals surface area contributed by atoms with Crippen molar-refractivity contribution in [1.82, 2.24) is 15.1 Å². The number of rotatable bonds is 5. The molecule has 5 nitrogen and oxygen atoms in total. The van der Waals surface area contributed by atoms with Gasteiger partial charge in [0.25, 0.3) is 5.91 Å². The summed E-state index contributed by atoms with van der Waals surface area (Å²) in [7, 11) is 0. The third kappa shape index (κ3) is 3.70. The Balaban J connectivity index is 0.00000210. The largest absolute Gasteiger partial charge is 0.344 e. The number of nitrogens with zero attached hydrogens (tertiary/aromatic N) is 2. The summed E-state index contributed by atoms with van der Waals surface area (Å²) < 4.78 is 1.80. The van der Waals surface area contributed by atoms with E-state index in [0.717, 1.165) is 49.0 Å². The third-order valence-corrected chi connectivity index (χ3v) is 6.12. The Hall–Kier alpha value is -1.27. The standard InChI is InChI=1S/C19H22Cl2N4O.ClH/c1-19(10-22,11-5-6-11)23-18(26)17-13-3-2-4-15(13)25(24-17)16-8-7-12(20)9-14(16)21;/h7-9,11H,2-6,10,22H2,1H3,(H,23,26);1H. The smallest absolute Gasteiger partial charge is 0.272 e. The number of hydrogen-bond acceptors (Lipinski definition) is 3. The van der Waals surface area contributed by atoms with Crippen molar-refractivity contribution < 1.29 is 4.79 Å². The number of carbonyl (C=O) groups excluding carboxylic acids is 1. The third-order valence-electron chi connectivity index (χ3n) is 5.58. The first-order chi connectivity index (χ1) is 12.4. The van der Waals surface area contributed by atoms with Crippen molar-refractivity contribution in [3.8, 4) is 5.69 Å². The molecule has 0 aliphatic heterocycles. The van der Waals surface area contributed by atoms with E-state index >= 15 is 0 Å². The molecule has 1 heterocycles. The second-order valence-electron chi connectivity index (χ2n) is 7.48. The van der Waals surface area contributed by atoms with Gasteiger partial charge in [0.1, 0.15) is 0 Å². The summed E-state index contributed by atoms with van der Waals surface area (Å²) in [5.74, 6) is 0.309. The fraction of sp³-hybridized carbons (Fsp3) is 0.474. The van der Waals surface area contributed by atoms with Crippen LogP contribution in [-0.4, -0.2) is 27.8 Å². The molecule has 1 atom stereocenters. The Morgan fingerprint density at radius 1 is 1.37 bits per heavy atom. The van der Waals surface area contributed by atoms with Crippen LogP contribution in [0.3, 0.4) is 0 Å². The highest BCUT2D eigenvalue weighted by Crippen LogP contribution is 2.39. The normalized spacial score (nSPS) is 17.8. The summed E-state index contributed by atoms with van der Waals surface area (Å²) in [6, 6.07) is 5.32. The van der Waals surface area contributed by atoms with Gasteiger partial charge in [0.15, 0.2) is 5.69 Å². The lowest BCUT2D eigenvalue weighted by molar-refractivity contribution is 0.0891. The van der Waals surface area contributed by atoms with E-state index in [0.29, 0.717) is 28.2 Å². The van der Waals surface area contributed by atoms with Crippen LogP contribution in [0.15, 0.2) is 18.2 Å². The summed E-state index contributed by atoms with van der Waals surface area (Å²) in [5, 5.41) is 8.87. The van der Waals surface area contributed by atoms with Gasteiger partial charge in [-0.3, -0.25) is 4.79 Å². The zero-order chi connectivity index (χ0) is 18.5. The Morgan fingerprint density at radius 2 is 2.11 bits per heavy atom. The van der Waals surface area contributed by atoms with Gasteiger partial charge >= 0.3 is 0 Å². The van der Waals surface area contributed by atoms with Crippen LogP contribution in [0.25, 0.3) is 5.69 Å². The molecule has 0 spiro atoms. The van der Waals surface area contributed by atoms with Gasteiger partial charge in [-0.15, -0.1) is 12.4 Å². The predicted molar refractivity (Wildman–Crippen MR) is 111 cm³/mol. The first kappa shape index (κ1) is 20.5. The SMILES string of the molecule is CC(CN)(NC(=O)c1nn(-c2ccc(Cl)cc2Cl)c2c1CCC2)C1CC1.Cl. The number of hydrogen-bond donors (Lipinski definition) is 2. The molecule has 27 heavy (non-hydrogen) atoms.